The van der Waals surface area contributed by atoms with Crippen LogP contribution < -0.4 is 4.74 Å². The first-order chi connectivity index (χ1) is 15.1. The van der Waals surface area contributed by atoms with Crippen LogP contribution >= 0.6 is 12.2 Å². The maximum absolute atomic E-state index is 13.7. The van der Waals surface area contributed by atoms with Crippen LogP contribution in [0.2, 0.25) is 0 Å². The van der Waals surface area contributed by atoms with E-state index >= 15 is 0 Å². The van der Waals surface area contributed by atoms with Crippen LogP contribution in [0.3, 0.4) is 0 Å². The second-order valence-corrected chi connectivity index (χ2v) is 7.64. The highest BCUT2D eigenvalue weighted by molar-refractivity contribution is 7.71. The molecule has 3 aromatic rings. The summed E-state index contributed by atoms with van der Waals surface area (Å²) in [7, 11) is 0. The highest BCUT2D eigenvalue weighted by atomic mass is 32.1. The van der Waals surface area contributed by atoms with Gasteiger partial charge >= 0.3 is 0 Å². The SMILES string of the molecule is CC.Cc1cc(OCc2ncccc2F)cc(=S)n1Cc1ccc(C#CC2CC2)cc1. The third-order valence-electron chi connectivity index (χ3n) is 4.81. The van der Waals surface area contributed by atoms with Crippen molar-refractivity contribution in [3.63, 3.8) is 0 Å². The van der Waals surface area contributed by atoms with E-state index < -0.39 is 0 Å². The van der Waals surface area contributed by atoms with E-state index in [-0.39, 0.29) is 18.1 Å². The molecule has 1 fully saturated rings. The van der Waals surface area contributed by atoms with E-state index in [1.54, 1.807) is 18.3 Å². The van der Waals surface area contributed by atoms with Crippen LogP contribution in [-0.2, 0) is 13.2 Å². The second kappa shape index (κ2) is 10.9. The highest BCUT2D eigenvalue weighted by Gasteiger charge is 2.17. The van der Waals surface area contributed by atoms with Crippen molar-refractivity contribution in [1.29, 1.82) is 0 Å². The monoisotopic (exact) mass is 434 g/mol. The van der Waals surface area contributed by atoms with Gasteiger partial charge in [-0.1, -0.05) is 50.0 Å². The number of benzene rings is 1. The fourth-order valence-electron chi connectivity index (χ4n) is 2.95. The summed E-state index contributed by atoms with van der Waals surface area (Å²) in [6, 6.07) is 14.9. The minimum Gasteiger partial charge on any atom is -0.487 e. The molecule has 2 aromatic heterocycles. The molecule has 0 N–H and O–H groups in total. The Kier molecular flexibility index (Phi) is 7.97. The molecule has 1 saturated carbocycles. The Morgan fingerprint density at radius 1 is 1.16 bits per heavy atom. The molecule has 0 amide bonds. The third-order valence-corrected chi connectivity index (χ3v) is 5.15. The summed E-state index contributed by atoms with van der Waals surface area (Å²) in [4.78, 5) is 4.00. The molecule has 1 aliphatic carbocycles. The predicted molar refractivity (Wildman–Crippen MR) is 125 cm³/mol. The van der Waals surface area contributed by atoms with E-state index in [2.05, 4.69) is 45.7 Å². The molecule has 160 valence electrons. The normalized spacial score (nSPS) is 12.3. The van der Waals surface area contributed by atoms with Crippen molar-refractivity contribution in [3.8, 4) is 17.6 Å². The maximum Gasteiger partial charge on any atom is 0.148 e. The van der Waals surface area contributed by atoms with Crippen LogP contribution in [0.4, 0.5) is 4.39 Å². The fraction of sp³-hybridized carbons (Fsp3) is 0.308. The number of ether oxygens (including phenoxy) is 1. The van der Waals surface area contributed by atoms with Gasteiger partial charge < -0.3 is 9.30 Å². The van der Waals surface area contributed by atoms with Gasteiger partial charge in [-0.3, -0.25) is 4.98 Å². The zero-order valence-corrected chi connectivity index (χ0v) is 19.0. The molecule has 0 unspecified atom stereocenters. The molecular formula is C26H27FN2OS. The van der Waals surface area contributed by atoms with Gasteiger partial charge in [0.1, 0.15) is 28.5 Å². The molecule has 0 atom stereocenters. The predicted octanol–water partition coefficient (Wildman–Crippen LogP) is 6.48. The molecular weight excluding hydrogens is 407 g/mol. The number of rotatable bonds is 5. The summed E-state index contributed by atoms with van der Waals surface area (Å²) in [6.07, 6.45) is 4.02. The average molecular weight is 435 g/mol. The average Bonchev–Trinajstić information content (AvgIpc) is 3.61. The molecule has 0 aliphatic heterocycles. The number of halogens is 1. The van der Waals surface area contributed by atoms with Crippen molar-refractivity contribution >= 4 is 12.2 Å². The van der Waals surface area contributed by atoms with Crippen LogP contribution in [0.5, 0.6) is 5.75 Å². The van der Waals surface area contributed by atoms with Gasteiger partial charge in [0.2, 0.25) is 0 Å². The first kappa shape index (κ1) is 22.7. The van der Waals surface area contributed by atoms with Crippen molar-refractivity contribution < 1.29 is 9.13 Å². The van der Waals surface area contributed by atoms with Gasteiger partial charge in [0.05, 0.1) is 0 Å². The molecule has 31 heavy (non-hydrogen) atoms. The first-order valence-electron chi connectivity index (χ1n) is 10.6. The standard InChI is InChI=1S/C24H21FN2OS.C2H6/c1-17-13-21(28-16-23-22(25)3-2-12-26-23)14-24(29)27(17)15-20-10-8-19(9-11-20)7-6-18-4-5-18;1-2/h2-3,8-14,18H,4-5,15-16H2,1H3;1-2H3. The Hall–Kier alpha value is -2.97. The number of aryl methyl sites for hydroxylation is 1. The molecule has 2 heterocycles. The first-order valence-corrected chi connectivity index (χ1v) is 11.0. The zero-order valence-electron chi connectivity index (χ0n) is 18.2. The van der Waals surface area contributed by atoms with Gasteiger partial charge in [-0.05, 0) is 55.7 Å². The largest absolute Gasteiger partial charge is 0.487 e. The maximum atomic E-state index is 13.7. The molecule has 0 radical (unpaired) electrons. The van der Waals surface area contributed by atoms with Gasteiger partial charge in [-0.15, -0.1) is 0 Å². The van der Waals surface area contributed by atoms with Crippen molar-refractivity contribution in [2.24, 2.45) is 5.92 Å². The van der Waals surface area contributed by atoms with E-state index in [1.807, 2.05) is 26.8 Å². The Balaban J connectivity index is 0.00000132. The minimum absolute atomic E-state index is 0.0637. The van der Waals surface area contributed by atoms with E-state index in [0.717, 1.165) is 16.8 Å². The van der Waals surface area contributed by atoms with Crippen LogP contribution in [-0.4, -0.2) is 9.55 Å². The van der Waals surface area contributed by atoms with E-state index in [0.29, 0.717) is 22.9 Å². The Morgan fingerprint density at radius 2 is 1.90 bits per heavy atom. The van der Waals surface area contributed by atoms with Crippen molar-refractivity contribution in [1.82, 2.24) is 9.55 Å². The Morgan fingerprint density at radius 3 is 2.55 bits per heavy atom. The molecule has 1 aromatic carbocycles. The van der Waals surface area contributed by atoms with Gasteiger partial charge in [0.15, 0.2) is 0 Å². The molecule has 0 saturated heterocycles. The number of hydrogen-bond acceptors (Lipinski definition) is 3. The van der Waals surface area contributed by atoms with Crippen LogP contribution in [0.1, 0.15) is 49.2 Å². The molecule has 0 bridgehead atoms. The number of hydrogen-bond donors (Lipinski definition) is 0. The topological polar surface area (TPSA) is 27.1 Å². The van der Waals surface area contributed by atoms with Gasteiger partial charge in [-0.2, -0.15) is 0 Å². The number of pyridine rings is 2. The van der Waals surface area contributed by atoms with Crippen LogP contribution in [0.25, 0.3) is 0 Å². The summed E-state index contributed by atoms with van der Waals surface area (Å²) in [5.74, 6) is 7.35. The van der Waals surface area contributed by atoms with Crippen LogP contribution in [0, 0.1) is 35.1 Å². The summed E-state index contributed by atoms with van der Waals surface area (Å²) < 4.78 is 22.1. The van der Waals surface area contributed by atoms with E-state index in [1.165, 1.54) is 18.9 Å². The van der Waals surface area contributed by atoms with Crippen LogP contribution in [0.15, 0.2) is 54.7 Å². The second-order valence-electron chi connectivity index (χ2n) is 7.22. The highest BCUT2D eigenvalue weighted by Crippen LogP contribution is 2.27. The zero-order chi connectivity index (χ0) is 22.2. The Bertz CT molecular complexity index is 1140. The molecule has 5 heteroatoms. The minimum atomic E-state index is -0.376. The molecule has 3 nitrogen and oxygen atoms in total. The van der Waals surface area contributed by atoms with E-state index in [9.17, 15) is 4.39 Å². The lowest BCUT2D eigenvalue weighted by atomic mass is 10.1. The van der Waals surface area contributed by atoms with Gasteiger partial charge in [0, 0.05) is 36.0 Å². The molecule has 0 spiro atoms. The van der Waals surface area contributed by atoms with Crippen molar-refractivity contribution in [2.45, 2.75) is 46.8 Å². The molecule has 4 rings (SSSR count). The number of nitrogens with zero attached hydrogens (tertiary/aromatic N) is 2. The summed E-state index contributed by atoms with van der Waals surface area (Å²) >= 11 is 5.56. The van der Waals surface area contributed by atoms with Gasteiger partial charge in [0.25, 0.3) is 0 Å². The Labute approximate surface area is 188 Å². The summed E-state index contributed by atoms with van der Waals surface area (Å²) in [5.41, 5.74) is 3.46. The van der Waals surface area contributed by atoms with Crippen molar-refractivity contribution in [2.75, 3.05) is 0 Å². The summed E-state index contributed by atoms with van der Waals surface area (Å²) in [5, 5.41) is 0. The fourth-order valence-corrected chi connectivity index (χ4v) is 3.27. The summed E-state index contributed by atoms with van der Waals surface area (Å²) in [6.45, 7) is 6.73. The lowest BCUT2D eigenvalue weighted by Gasteiger charge is -2.14. The van der Waals surface area contributed by atoms with Crippen molar-refractivity contribution in [3.05, 3.63) is 87.7 Å². The smallest absolute Gasteiger partial charge is 0.148 e. The van der Waals surface area contributed by atoms with E-state index in [4.69, 9.17) is 17.0 Å². The number of aromatic nitrogens is 2. The quantitative estimate of drug-likeness (QED) is 0.340. The third kappa shape index (κ3) is 6.50. The lowest BCUT2D eigenvalue weighted by Crippen LogP contribution is -2.07. The van der Waals surface area contributed by atoms with Gasteiger partial charge in [-0.25, -0.2) is 4.39 Å². The molecule has 1 aliphatic rings. The lowest BCUT2D eigenvalue weighted by molar-refractivity contribution is 0.293.